The number of hydrogen-bond donors (Lipinski definition) is 3. The zero-order chi connectivity index (χ0) is 14.9. The summed E-state index contributed by atoms with van der Waals surface area (Å²) in [6, 6.07) is 7.11. The summed E-state index contributed by atoms with van der Waals surface area (Å²) in [5.74, 6) is -1.89. The number of nitrogens with one attached hydrogen (secondary N) is 1. The summed E-state index contributed by atoms with van der Waals surface area (Å²) in [6.07, 6.45) is 0. The SMILES string of the molecule is Cc1cccc2cc(C(=O)NCC(C)(O)C(=O)O)oc12. The fourth-order valence-electron chi connectivity index (χ4n) is 1.74. The average Bonchev–Trinajstić information content (AvgIpc) is 2.81. The molecule has 0 saturated carbocycles. The van der Waals surface area contributed by atoms with Crippen LogP contribution in [0.4, 0.5) is 0 Å². The minimum absolute atomic E-state index is 0.0792. The van der Waals surface area contributed by atoms with Gasteiger partial charge >= 0.3 is 5.97 Å². The Morgan fingerprint density at radius 1 is 1.40 bits per heavy atom. The van der Waals surface area contributed by atoms with Gasteiger partial charge in [-0.2, -0.15) is 0 Å². The van der Waals surface area contributed by atoms with E-state index in [1.807, 2.05) is 25.1 Å². The van der Waals surface area contributed by atoms with Crippen LogP contribution in [0.1, 0.15) is 23.0 Å². The molecular formula is C14H15NO5. The van der Waals surface area contributed by atoms with Crippen LogP contribution in [-0.2, 0) is 4.79 Å². The molecule has 0 aliphatic heterocycles. The van der Waals surface area contributed by atoms with Gasteiger partial charge in [0.15, 0.2) is 11.4 Å². The number of carboxylic acid groups (broad SMARTS) is 1. The number of rotatable bonds is 4. The van der Waals surface area contributed by atoms with Gasteiger partial charge in [0.2, 0.25) is 0 Å². The standard InChI is InChI=1S/C14H15NO5/c1-8-4-3-5-9-6-10(20-11(8)9)12(16)15-7-14(2,19)13(17)18/h3-6,19H,7H2,1-2H3,(H,15,16)(H,17,18). The predicted molar refractivity (Wildman–Crippen MR) is 71.5 cm³/mol. The Morgan fingerprint density at radius 2 is 2.10 bits per heavy atom. The average molecular weight is 277 g/mol. The predicted octanol–water partition coefficient (Wildman–Crippen LogP) is 1.31. The lowest BCUT2D eigenvalue weighted by Gasteiger charge is -2.17. The maximum absolute atomic E-state index is 11.9. The number of aryl methyl sites for hydroxylation is 1. The van der Waals surface area contributed by atoms with Gasteiger partial charge in [-0.25, -0.2) is 4.79 Å². The number of aliphatic carboxylic acids is 1. The molecule has 0 fully saturated rings. The third-order valence-electron chi connectivity index (χ3n) is 3.02. The number of furan rings is 1. The number of benzene rings is 1. The molecule has 0 radical (unpaired) electrons. The summed E-state index contributed by atoms with van der Waals surface area (Å²) in [5.41, 5.74) is -0.501. The Kier molecular flexibility index (Phi) is 3.50. The molecule has 1 aromatic carbocycles. The van der Waals surface area contributed by atoms with Crippen molar-refractivity contribution in [2.75, 3.05) is 6.54 Å². The summed E-state index contributed by atoms with van der Waals surface area (Å²) in [4.78, 5) is 22.6. The lowest BCUT2D eigenvalue weighted by atomic mass is 10.1. The summed E-state index contributed by atoms with van der Waals surface area (Å²) in [5, 5.41) is 21.4. The molecule has 2 aromatic rings. The molecular weight excluding hydrogens is 262 g/mol. The van der Waals surface area contributed by atoms with Gasteiger partial charge < -0.3 is 19.9 Å². The van der Waals surface area contributed by atoms with Gasteiger partial charge in [0.25, 0.3) is 5.91 Å². The minimum Gasteiger partial charge on any atom is -0.479 e. The molecule has 2 rings (SSSR count). The molecule has 1 amide bonds. The van der Waals surface area contributed by atoms with Crippen LogP contribution >= 0.6 is 0 Å². The monoisotopic (exact) mass is 277 g/mol. The van der Waals surface area contributed by atoms with Crippen molar-refractivity contribution in [1.82, 2.24) is 5.32 Å². The van der Waals surface area contributed by atoms with Crippen LogP contribution < -0.4 is 5.32 Å². The van der Waals surface area contributed by atoms with Crippen LogP contribution in [0.3, 0.4) is 0 Å². The zero-order valence-corrected chi connectivity index (χ0v) is 11.1. The first-order chi connectivity index (χ1) is 9.31. The van der Waals surface area contributed by atoms with E-state index in [1.165, 1.54) is 0 Å². The Morgan fingerprint density at radius 3 is 2.70 bits per heavy atom. The normalized spacial score (nSPS) is 13.9. The van der Waals surface area contributed by atoms with Crippen LogP contribution in [0.25, 0.3) is 11.0 Å². The third kappa shape index (κ3) is 2.65. The summed E-state index contributed by atoms with van der Waals surface area (Å²) in [6.45, 7) is 2.57. The van der Waals surface area contributed by atoms with E-state index in [0.29, 0.717) is 5.58 Å². The molecule has 20 heavy (non-hydrogen) atoms. The van der Waals surface area contributed by atoms with Crippen molar-refractivity contribution >= 4 is 22.8 Å². The van der Waals surface area contributed by atoms with Gasteiger partial charge in [-0.3, -0.25) is 4.79 Å². The number of aliphatic hydroxyl groups is 1. The highest BCUT2D eigenvalue weighted by Gasteiger charge is 2.30. The molecule has 106 valence electrons. The number of para-hydroxylation sites is 1. The van der Waals surface area contributed by atoms with Gasteiger partial charge in [-0.15, -0.1) is 0 Å². The molecule has 0 spiro atoms. The molecule has 1 heterocycles. The molecule has 6 nitrogen and oxygen atoms in total. The number of fused-ring (bicyclic) bond motifs is 1. The first-order valence-corrected chi connectivity index (χ1v) is 6.04. The van der Waals surface area contributed by atoms with E-state index in [2.05, 4.69) is 5.32 Å². The molecule has 0 saturated heterocycles. The maximum Gasteiger partial charge on any atom is 0.337 e. The van der Waals surface area contributed by atoms with E-state index in [9.17, 15) is 14.7 Å². The van der Waals surface area contributed by atoms with Crippen LogP contribution in [-0.4, -0.2) is 34.2 Å². The van der Waals surface area contributed by atoms with Crippen molar-refractivity contribution < 1.29 is 24.2 Å². The minimum atomic E-state index is -2.02. The molecule has 6 heteroatoms. The van der Waals surface area contributed by atoms with Crippen molar-refractivity contribution in [1.29, 1.82) is 0 Å². The van der Waals surface area contributed by atoms with Crippen molar-refractivity contribution in [2.45, 2.75) is 19.4 Å². The van der Waals surface area contributed by atoms with Crippen molar-refractivity contribution in [2.24, 2.45) is 0 Å². The van der Waals surface area contributed by atoms with E-state index in [-0.39, 0.29) is 5.76 Å². The topological polar surface area (TPSA) is 99.8 Å². The largest absolute Gasteiger partial charge is 0.479 e. The molecule has 0 aliphatic carbocycles. The van der Waals surface area contributed by atoms with Gasteiger partial charge in [0.1, 0.15) is 5.58 Å². The third-order valence-corrected chi connectivity index (χ3v) is 3.02. The second kappa shape index (κ2) is 4.97. The van der Waals surface area contributed by atoms with Crippen molar-refractivity contribution in [3.05, 3.63) is 35.6 Å². The highest BCUT2D eigenvalue weighted by molar-refractivity contribution is 5.97. The number of amides is 1. The lowest BCUT2D eigenvalue weighted by Crippen LogP contribution is -2.46. The Balaban J connectivity index is 2.16. The smallest absolute Gasteiger partial charge is 0.337 e. The fourth-order valence-corrected chi connectivity index (χ4v) is 1.74. The molecule has 1 unspecified atom stereocenters. The first-order valence-electron chi connectivity index (χ1n) is 6.04. The Bertz CT molecular complexity index is 671. The number of carboxylic acids is 1. The summed E-state index contributed by atoms with van der Waals surface area (Å²) in [7, 11) is 0. The lowest BCUT2D eigenvalue weighted by molar-refractivity contribution is -0.155. The van der Waals surface area contributed by atoms with Gasteiger partial charge in [0, 0.05) is 5.39 Å². The van der Waals surface area contributed by atoms with E-state index in [1.54, 1.807) is 6.07 Å². The van der Waals surface area contributed by atoms with E-state index in [0.717, 1.165) is 17.9 Å². The number of carbonyl (C=O) groups excluding carboxylic acids is 1. The Labute approximate surface area is 115 Å². The van der Waals surface area contributed by atoms with E-state index >= 15 is 0 Å². The fraction of sp³-hybridized carbons (Fsp3) is 0.286. The number of carbonyl (C=O) groups is 2. The number of hydrogen-bond acceptors (Lipinski definition) is 4. The van der Waals surface area contributed by atoms with Gasteiger partial charge in [0.05, 0.1) is 6.54 Å². The molecule has 0 bridgehead atoms. The van der Waals surface area contributed by atoms with Gasteiger partial charge in [-0.1, -0.05) is 18.2 Å². The second-order valence-electron chi connectivity index (χ2n) is 4.87. The van der Waals surface area contributed by atoms with Crippen LogP contribution in [0.5, 0.6) is 0 Å². The zero-order valence-electron chi connectivity index (χ0n) is 11.1. The highest BCUT2D eigenvalue weighted by Crippen LogP contribution is 2.22. The van der Waals surface area contributed by atoms with Gasteiger partial charge in [-0.05, 0) is 25.5 Å². The maximum atomic E-state index is 11.9. The summed E-state index contributed by atoms with van der Waals surface area (Å²) >= 11 is 0. The molecule has 3 N–H and O–H groups in total. The Hall–Kier alpha value is -2.34. The van der Waals surface area contributed by atoms with Crippen molar-refractivity contribution in [3.63, 3.8) is 0 Å². The van der Waals surface area contributed by atoms with Crippen LogP contribution in [0.15, 0.2) is 28.7 Å². The van der Waals surface area contributed by atoms with Crippen LogP contribution in [0.2, 0.25) is 0 Å². The van der Waals surface area contributed by atoms with Crippen molar-refractivity contribution in [3.8, 4) is 0 Å². The van der Waals surface area contributed by atoms with Crippen LogP contribution in [0, 0.1) is 6.92 Å². The van der Waals surface area contributed by atoms with E-state index < -0.39 is 24.0 Å². The highest BCUT2D eigenvalue weighted by atomic mass is 16.4. The first kappa shape index (κ1) is 14.1. The molecule has 0 aliphatic rings. The molecule has 1 atom stereocenters. The quantitative estimate of drug-likeness (QED) is 0.782. The second-order valence-corrected chi connectivity index (χ2v) is 4.87. The molecule has 1 aromatic heterocycles. The summed E-state index contributed by atoms with van der Waals surface area (Å²) < 4.78 is 5.45. The van der Waals surface area contributed by atoms with E-state index in [4.69, 9.17) is 9.52 Å².